The molecule has 0 aliphatic heterocycles. The molecule has 0 bridgehead atoms. The molecule has 0 saturated carbocycles. The van der Waals surface area contributed by atoms with Gasteiger partial charge < -0.3 is 5.32 Å². The second-order valence-corrected chi connectivity index (χ2v) is 7.74. The van der Waals surface area contributed by atoms with Gasteiger partial charge in [0.15, 0.2) is 0 Å². The molecule has 0 radical (unpaired) electrons. The molecule has 6 nitrogen and oxygen atoms in total. The SMILES string of the molecule is CCc1ccc(N(C(=O)c2cnccn2)[C@H](C(=O)Nc2ccc(F)cc2)c2ccc(F)cc2)cc1. The molecule has 1 aromatic heterocycles. The molecule has 176 valence electrons. The van der Waals surface area contributed by atoms with Gasteiger partial charge in [-0.15, -0.1) is 0 Å². The maximum Gasteiger partial charge on any atom is 0.279 e. The fraction of sp³-hybridized carbons (Fsp3) is 0.111. The monoisotopic (exact) mass is 472 g/mol. The lowest BCUT2D eigenvalue weighted by Crippen LogP contribution is -2.42. The maximum atomic E-state index is 13.7. The minimum absolute atomic E-state index is 0.0359. The van der Waals surface area contributed by atoms with E-state index in [0.29, 0.717) is 16.9 Å². The van der Waals surface area contributed by atoms with Crippen molar-refractivity contribution >= 4 is 23.2 Å². The number of anilines is 2. The molecular weight excluding hydrogens is 450 g/mol. The Bertz CT molecular complexity index is 1300. The Morgan fingerprint density at radius 2 is 1.51 bits per heavy atom. The Hall–Kier alpha value is -4.46. The van der Waals surface area contributed by atoms with Crippen molar-refractivity contribution in [3.63, 3.8) is 0 Å². The zero-order valence-electron chi connectivity index (χ0n) is 18.9. The standard InChI is InChI=1S/C27H22F2N4O2/c1-2-18-3-13-23(14-4-18)33(27(35)24-17-30-15-16-31-24)25(19-5-7-20(28)8-6-19)26(34)32-22-11-9-21(29)10-12-22/h3-17,25H,2H2,1H3,(H,32,34)/t25-/m0/s1. The Morgan fingerprint density at radius 1 is 0.886 bits per heavy atom. The van der Waals surface area contributed by atoms with Crippen LogP contribution in [0.15, 0.2) is 91.4 Å². The third-order valence-electron chi connectivity index (χ3n) is 5.43. The molecule has 4 rings (SSSR count). The minimum atomic E-state index is -1.19. The van der Waals surface area contributed by atoms with E-state index in [4.69, 9.17) is 0 Å². The topological polar surface area (TPSA) is 75.2 Å². The summed E-state index contributed by atoms with van der Waals surface area (Å²) in [5, 5.41) is 2.73. The van der Waals surface area contributed by atoms with E-state index in [9.17, 15) is 18.4 Å². The van der Waals surface area contributed by atoms with Crippen molar-refractivity contribution in [3.05, 3.63) is 120 Å². The summed E-state index contributed by atoms with van der Waals surface area (Å²) >= 11 is 0. The van der Waals surface area contributed by atoms with Gasteiger partial charge in [0.05, 0.1) is 6.20 Å². The highest BCUT2D eigenvalue weighted by molar-refractivity contribution is 6.11. The van der Waals surface area contributed by atoms with Gasteiger partial charge in [0.1, 0.15) is 23.4 Å². The van der Waals surface area contributed by atoms with E-state index < -0.39 is 29.5 Å². The van der Waals surface area contributed by atoms with Crippen LogP contribution >= 0.6 is 0 Å². The van der Waals surface area contributed by atoms with Gasteiger partial charge in [0.25, 0.3) is 11.8 Å². The van der Waals surface area contributed by atoms with E-state index in [1.165, 1.54) is 72.0 Å². The van der Waals surface area contributed by atoms with Crippen molar-refractivity contribution < 1.29 is 18.4 Å². The predicted octanol–water partition coefficient (Wildman–Crippen LogP) is 5.34. The van der Waals surface area contributed by atoms with E-state index in [1.54, 1.807) is 12.1 Å². The van der Waals surface area contributed by atoms with Crippen LogP contribution in [0.1, 0.15) is 34.6 Å². The number of nitrogens with one attached hydrogen (secondary N) is 1. The average molecular weight is 472 g/mol. The van der Waals surface area contributed by atoms with Crippen molar-refractivity contribution in [1.82, 2.24) is 9.97 Å². The first kappa shape index (κ1) is 23.7. The summed E-state index contributed by atoms with van der Waals surface area (Å²) in [4.78, 5) is 36.7. The number of nitrogens with zero attached hydrogens (tertiary/aromatic N) is 3. The molecule has 1 N–H and O–H groups in total. The molecule has 1 atom stereocenters. The van der Waals surface area contributed by atoms with Gasteiger partial charge in [0, 0.05) is 23.8 Å². The minimum Gasteiger partial charge on any atom is -0.324 e. The van der Waals surface area contributed by atoms with Crippen molar-refractivity contribution in [2.45, 2.75) is 19.4 Å². The lowest BCUT2D eigenvalue weighted by atomic mass is 10.0. The molecule has 0 fully saturated rings. The van der Waals surface area contributed by atoms with Crippen LogP contribution in [-0.4, -0.2) is 21.8 Å². The number of hydrogen-bond acceptors (Lipinski definition) is 4. The van der Waals surface area contributed by atoms with E-state index >= 15 is 0 Å². The zero-order chi connectivity index (χ0) is 24.8. The molecule has 8 heteroatoms. The maximum absolute atomic E-state index is 13.7. The van der Waals surface area contributed by atoms with Crippen LogP contribution in [0.2, 0.25) is 0 Å². The molecule has 1 heterocycles. The van der Waals surface area contributed by atoms with Crippen molar-refractivity contribution in [2.75, 3.05) is 10.2 Å². The number of carbonyl (C=O) groups is 2. The number of hydrogen-bond donors (Lipinski definition) is 1. The number of benzene rings is 3. The van der Waals surface area contributed by atoms with Crippen LogP contribution in [0.3, 0.4) is 0 Å². The van der Waals surface area contributed by atoms with Gasteiger partial charge in [-0.1, -0.05) is 31.2 Å². The number of aryl methyl sites for hydroxylation is 1. The molecule has 0 spiro atoms. The van der Waals surface area contributed by atoms with Crippen molar-refractivity contribution in [2.24, 2.45) is 0 Å². The number of aromatic nitrogens is 2. The summed E-state index contributed by atoms with van der Waals surface area (Å²) in [7, 11) is 0. The molecule has 3 aromatic carbocycles. The predicted molar refractivity (Wildman–Crippen MR) is 129 cm³/mol. The highest BCUT2D eigenvalue weighted by atomic mass is 19.1. The first-order chi connectivity index (χ1) is 17.0. The Kier molecular flexibility index (Phi) is 7.21. The van der Waals surface area contributed by atoms with Gasteiger partial charge in [-0.3, -0.25) is 19.5 Å². The molecule has 0 unspecified atom stereocenters. The lowest BCUT2D eigenvalue weighted by molar-refractivity contribution is -0.117. The smallest absolute Gasteiger partial charge is 0.279 e. The number of carbonyl (C=O) groups excluding carboxylic acids is 2. The summed E-state index contributed by atoms with van der Waals surface area (Å²) in [6, 6.07) is 16.6. The molecule has 35 heavy (non-hydrogen) atoms. The second-order valence-electron chi connectivity index (χ2n) is 7.74. The van der Waals surface area contributed by atoms with Gasteiger partial charge in [-0.05, 0) is 66.1 Å². The molecule has 4 aromatic rings. The zero-order valence-corrected chi connectivity index (χ0v) is 18.9. The summed E-state index contributed by atoms with van der Waals surface area (Å²) in [5.41, 5.74) is 2.25. The summed E-state index contributed by atoms with van der Waals surface area (Å²) in [5.74, 6) is -2.06. The van der Waals surface area contributed by atoms with Crippen LogP contribution in [-0.2, 0) is 11.2 Å². The summed E-state index contributed by atoms with van der Waals surface area (Å²) in [6.07, 6.45) is 4.94. The quantitative estimate of drug-likeness (QED) is 0.394. The number of amides is 2. The van der Waals surface area contributed by atoms with Crippen LogP contribution in [0.4, 0.5) is 20.2 Å². The van der Waals surface area contributed by atoms with Crippen LogP contribution in [0.25, 0.3) is 0 Å². The fourth-order valence-electron chi connectivity index (χ4n) is 3.62. The van der Waals surface area contributed by atoms with Crippen molar-refractivity contribution in [1.29, 1.82) is 0 Å². The van der Waals surface area contributed by atoms with E-state index in [2.05, 4.69) is 15.3 Å². The Balaban J connectivity index is 1.83. The molecule has 0 saturated heterocycles. The first-order valence-corrected chi connectivity index (χ1v) is 11.0. The van der Waals surface area contributed by atoms with E-state index in [0.717, 1.165) is 12.0 Å². The van der Waals surface area contributed by atoms with Crippen LogP contribution in [0.5, 0.6) is 0 Å². The van der Waals surface area contributed by atoms with E-state index in [-0.39, 0.29) is 5.69 Å². The first-order valence-electron chi connectivity index (χ1n) is 11.0. The van der Waals surface area contributed by atoms with Gasteiger partial charge >= 0.3 is 0 Å². The Morgan fingerprint density at radius 3 is 2.09 bits per heavy atom. The van der Waals surface area contributed by atoms with E-state index in [1.807, 2.05) is 19.1 Å². The third-order valence-corrected chi connectivity index (χ3v) is 5.43. The molecular formula is C27H22F2N4O2. The number of halogens is 2. The normalized spacial score (nSPS) is 11.5. The fourth-order valence-corrected chi connectivity index (χ4v) is 3.62. The second kappa shape index (κ2) is 10.6. The van der Waals surface area contributed by atoms with Gasteiger partial charge in [0.2, 0.25) is 0 Å². The van der Waals surface area contributed by atoms with Gasteiger partial charge in [-0.25, -0.2) is 13.8 Å². The van der Waals surface area contributed by atoms with Crippen molar-refractivity contribution in [3.8, 4) is 0 Å². The van der Waals surface area contributed by atoms with Crippen LogP contribution < -0.4 is 10.2 Å². The van der Waals surface area contributed by atoms with Gasteiger partial charge in [-0.2, -0.15) is 0 Å². The summed E-state index contributed by atoms with van der Waals surface area (Å²) in [6.45, 7) is 2.01. The highest BCUT2D eigenvalue weighted by Gasteiger charge is 2.34. The molecule has 0 aliphatic rings. The largest absolute Gasteiger partial charge is 0.324 e. The lowest BCUT2D eigenvalue weighted by Gasteiger charge is -2.31. The average Bonchev–Trinajstić information content (AvgIpc) is 2.89. The molecule has 2 amide bonds. The third kappa shape index (κ3) is 5.55. The highest BCUT2D eigenvalue weighted by Crippen LogP contribution is 2.31. The van der Waals surface area contributed by atoms with Crippen LogP contribution in [0, 0.1) is 11.6 Å². The Labute approximate surface area is 201 Å². The number of rotatable bonds is 7. The molecule has 0 aliphatic carbocycles. The summed E-state index contributed by atoms with van der Waals surface area (Å²) < 4.78 is 27.1.